The molecule has 1 spiro atoms. The molecule has 5 rings (SSSR count). The van der Waals surface area contributed by atoms with E-state index >= 15 is 0 Å². The average molecular weight is 444 g/mol. The van der Waals surface area contributed by atoms with Gasteiger partial charge < -0.3 is 19.3 Å². The lowest BCUT2D eigenvalue weighted by Crippen LogP contribution is -2.67. The summed E-state index contributed by atoms with van der Waals surface area (Å²) in [5.74, 6) is -2.49. The molecule has 1 aromatic carbocycles. The van der Waals surface area contributed by atoms with Crippen molar-refractivity contribution in [2.24, 2.45) is 5.41 Å². The molecule has 4 aliphatic heterocycles. The molecule has 3 saturated heterocycles. The van der Waals surface area contributed by atoms with E-state index in [9.17, 15) is 19.7 Å². The molecule has 0 aliphatic carbocycles. The summed E-state index contributed by atoms with van der Waals surface area (Å²) in [6.45, 7) is 5.22. The van der Waals surface area contributed by atoms with Gasteiger partial charge in [-0.05, 0) is 44.6 Å². The number of ether oxygens (including phenoxy) is 2. The Kier molecular flexibility index (Phi) is 4.83. The van der Waals surface area contributed by atoms with Crippen LogP contribution in [0.2, 0.25) is 0 Å². The van der Waals surface area contributed by atoms with Crippen molar-refractivity contribution in [3.05, 3.63) is 27.8 Å². The van der Waals surface area contributed by atoms with Crippen molar-refractivity contribution in [1.29, 1.82) is 0 Å². The number of carbonyl (C=O) groups is 2. The standard InChI is InChI=1S/C23H29N3O6/c1-22(2)31-20(27)23(21(28)32-22)14-15-16(25-13-7-4-8-18(23)25)9-10-17(26(29)30)19(15)24-11-5-3-6-12-24/h9-10,18H,3-8,11-14H2,1-2H3. The van der Waals surface area contributed by atoms with Crippen LogP contribution in [0.5, 0.6) is 0 Å². The third-order valence-corrected chi connectivity index (χ3v) is 7.35. The molecule has 9 nitrogen and oxygen atoms in total. The zero-order valence-electron chi connectivity index (χ0n) is 18.6. The predicted octanol–water partition coefficient (Wildman–Crippen LogP) is 3.32. The number of benzene rings is 1. The van der Waals surface area contributed by atoms with Gasteiger partial charge in [-0.3, -0.25) is 19.7 Å². The van der Waals surface area contributed by atoms with Crippen molar-refractivity contribution in [3.63, 3.8) is 0 Å². The second-order valence-electron chi connectivity index (χ2n) is 9.77. The molecule has 0 N–H and O–H groups in total. The van der Waals surface area contributed by atoms with Gasteiger partial charge in [0.15, 0.2) is 5.41 Å². The summed E-state index contributed by atoms with van der Waals surface area (Å²) in [7, 11) is 0. The lowest BCUT2D eigenvalue weighted by Gasteiger charge is -2.53. The van der Waals surface area contributed by atoms with E-state index in [2.05, 4.69) is 9.80 Å². The van der Waals surface area contributed by atoms with Crippen LogP contribution in [0.4, 0.5) is 17.1 Å². The molecule has 0 radical (unpaired) electrons. The van der Waals surface area contributed by atoms with Crippen LogP contribution in [-0.2, 0) is 25.5 Å². The Bertz CT molecular complexity index is 964. The second kappa shape index (κ2) is 7.35. The van der Waals surface area contributed by atoms with Gasteiger partial charge >= 0.3 is 11.9 Å². The molecule has 1 aromatic rings. The number of anilines is 2. The molecule has 1 unspecified atom stereocenters. The minimum atomic E-state index is -1.51. The first-order chi connectivity index (χ1) is 15.2. The number of rotatable bonds is 2. The SMILES string of the molecule is CC1(C)OC(=O)C2(Cc3c(ccc([N+](=O)[O-])c3N3CCCCC3)N3CCCCC32)C(=O)O1. The Labute approximate surface area is 186 Å². The van der Waals surface area contributed by atoms with Gasteiger partial charge in [0.25, 0.3) is 11.5 Å². The van der Waals surface area contributed by atoms with Gasteiger partial charge in [0.05, 0.1) is 11.0 Å². The topological polar surface area (TPSA) is 102 Å². The van der Waals surface area contributed by atoms with Crippen LogP contribution >= 0.6 is 0 Å². The maximum Gasteiger partial charge on any atom is 0.329 e. The molecule has 0 aromatic heterocycles. The number of hydrogen-bond acceptors (Lipinski definition) is 8. The fraction of sp³-hybridized carbons (Fsp3) is 0.652. The van der Waals surface area contributed by atoms with Crippen molar-refractivity contribution in [1.82, 2.24) is 0 Å². The molecule has 4 heterocycles. The molecule has 172 valence electrons. The van der Waals surface area contributed by atoms with Gasteiger partial charge in [0.2, 0.25) is 0 Å². The van der Waals surface area contributed by atoms with Crippen molar-refractivity contribution in [2.45, 2.75) is 70.6 Å². The maximum atomic E-state index is 13.5. The quantitative estimate of drug-likeness (QED) is 0.297. The van der Waals surface area contributed by atoms with E-state index in [1.807, 2.05) is 0 Å². The number of piperidine rings is 2. The fourth-order valence-corrected chi connectivity index (χ4v) is 5.95. The van der Waals surface area contributed by atoms with Crippen molar-refractivity contribution < 1.29 is 24.0 Å². The van der Waals surface area contributed by atoms with Gasteiger partial charge in [-0.25, -0.2) is 0 Å². The maximum absolute atomic E-state index is 13.5. The largest absolute Gasteiger partial charge is 0.422 e. The molecular formula is C23H29N3O6. The highest BCUT2D eigenvalue weighted by molar-refractivity contribution is 6.05. The molecule has 3 fully saturated rings. The van der Waals surface area contributed by atoms with Crippen LogP contribution in [0.3, 0.4) is 0 Å². The van der Waals surface area contributed by atoms with Crippen molar-refractivity contribution in [3.8, 4) is 0 Å². The highest BCUT2D eigenvalue weighted by atomic mass is 16.7. The Morgan fingerprint density at radius 1 is 1.00 bits per heavy atom. The summed E-state index contributed by atoms with van der Waals surface area (Å²) in [6.07, 6.45) is 5.55. The van der Waals surface area contributed by atoms with E-state index in [4.69, 9.17) is 9.47 Å². The first kappa shape index (κ1) is 21.0. The van der Waals surface area contributed by atoms with Gasteiger partial charge in [0.1, 0.15) is 5.69 Å². The van der Waals surface area contributed by atoms with Crippen LogP contribution in [0.1, 0.15) is 57.9 Å². The average Bonchev–Trinajstić information content (AvgIpc) is 2.76. The molecular weight excluding hydrogens is 414 g/mol. The lowest BCUT2D eigenvalue weighted by atomic mass is 9.67. The smallest absolute Gasteiger partial charge is 0.329 e. The number of hydrogen-bond donors (Lipinski definition) is 0. The molecule has 0 amide bonds. The zero-order valence-corrected chi connectivity index (χ0v) is 18.6. The lowest BCUT2D eigenvalue weighted by molar-refractivity contribution is -0.384. The van der Waals surface area contributed by atoms with E-state index in [1.54, 1.807) is 26.0 Å². The Morgan fingerprint density at radius 2 is 1.66 bits per heavy atom. The first-order valence-electron chi connectivity index (χ1n) is 11.5. The highest BCUT2D eigenvalue weighted by Gasteiger charge is 2.64. The van der Waals surface area contributed by atoms with Crippen LogP contribution in [0.15, 0.2) is 12.1 Å². The monoisotopic (exact) mass is 443 g/mol. The third-order valence-electron chi connectivity index (χ3n) is 7.35. The summed E-state index contributed by atoms with van der Waals surface area (Å²) in [5.41, 5.74) is 0.628. The Morgan fingerprint density at radius 3 is 2.31 bits per heavy atom. The van der Waals surface area contributed by atoms with E-state index in [0.717, 1.165) is 50.9 Å². The number of nitro groups is 1. The Balaban J connectivity index is 1.71. The van der Waals surface area contributed by atoms with Crippen LogP contribution in [0, 0.1) is 15.5 Å². The molecule has 0 saturated carbocycles. The molecule has 0 bridgehead atoms. The predicted molar refractivity (Wildman–Crippen MR) is 117 cm³/mol. The van der Waals surface area contributed by atoms with Gasteiger partial charge in [-0.2, -0.15) is 0 Å². The summed E-state index contributed by atoms with van der Waals surface area (Å²) in [6, 6.07) is 2.98. The van der Waals surface area contributed by atoms with E-state index in [-0.39, 0.29) is 23.1 Å². The first-order valence-corrected chi connectivity index (χ1v) is 11.5. The molecule has 9 heteroatoms. The fourth-order valence-electron chi connectivity index (χ4n) is 5.95. The number of fused-ring (bicyclic) bond motifs is 4. The molecule has 1 atom stereocenters. The minimum Gasteiger partial charge on any atom is -0.422 e. The summed E-state index contributed by atoms with van der Waals surface area (Å²) in [4.78, 5) is 42.7. The summed E-state index contributed by atoms with van der Waals surface area (Å²) >= 11 is 0. The number of cyclic esters (lactones) is 2. The third kappa shape index (κ3) is 3.04. The number of carbonyl (C=O) groups excluding carboxylic acids is 2. The van der Waals surface area contributed by atoms with Crippen molar-refractivity contribution >= 4 is 29.0 Å². The summed E-state index contributed by atoms with van der Waals surface area (Å²) < 4.78 is 11.2. The Hall–Kier alpha value is -2.84. The van der Waals surface area contributed by atoms with Crippen LogP contribution in [-0.4, -0.2) is 48.3 Å². The van der Waals surface area contributed by atoms with Crippen LogP contribution in [0.25, 0.3) is 0 Å². The van der Waals surface area contributed by atoms with E-state index in [0.29, 0.717) is 24.2 Å². The minimum absolute atomic E-state index is 0.0223. The highest BCUT2D eigenvalue weighted by Crippen LogP contribution is 2.53. The number of nitrogens with zero attached hydrogens (tertiary/aromatic N) is 3. The van der Waals surface area contributed by atoms with Crippen LogP contribution < -0.4 is 9.80 Å². The second-order valence-corrected chi connectivity index (χ2v) is 9.77. The molecule has 32 heavy (non-hydrogen) atoms. The van der Waals surface area contributed by atoms with E-state index < -0.39 is 23.1 Å². The van der Waals surface area contributed by atoms with Gasteiger partial charge in [0, 0.05) is 57.2 Å². The van der Waals surface area contributed by atoms with Crippen molar-refractivity contribution in [2.75, 3.05) is 29.4 Å². The zero-order chi connectivity index (χ0) is 22.7. The summed E-state index contributed by atoms with van der Waals surface area (Å²) in [5, 5.41) is 12.0. The number of esters is 2. The van der Waals surface area contributed by atoms with Gasteiger partial charge in [-0.15, -0.1) is 0 Å². The van der Waals surface area contributed by atoms with E-state index in [1.165, 1.54) is 0 Å². The number of nitro benzene ring substituents is 1. The normalized spacial score (nSPS) is 26.1. The van der Waals surface area contributed by atoms with Gasteiger partial charge in [-0.1, -0.05) is 0 Å². The molecule has 4 aliphatic rings.